The number of halogens is 5. The molecule has 40 heteroatoms. The Balaban J connectivity index is 0.000000850. The van der Waals surface area contributed by atoms with Crippen LogP contribution in [0, 0.1) is 27.7 Å². The Bertz CT molecular complexity index is 6010. The molecular formula is C103H127Br5LiN11O23. The second-order valence-electron chi connectivity index (χ2n) is 31.3. The fourth-order valence-corrected chi connectivity index (χ4v) is 16.0. The molecule has 0 fully saturated rings. The summed E-state index contributed by atoms with van der Waals surface area (Å²) in [6.45, 7) is 22.5. The molecule has 0 bridgehead atoms. The number of nitrogens with one attached hydrogen (secondary N) is 2. The van der Waals surface area contributed by atoms with E-state index < -0.39 is 47.6 Å². The molecule has 34 nitrogen and oxygen atoms in total. The van der Waals surface area contributed by atoms with Crippen LogP contribution in [0.25, 0.3) is 17.1 Å². The maximum Gasteiger partial charge on any atom is 1.00 e. The number of aryl methyl sites for hydroxylation is 4. The molecule has 6 heterocycles. The van der Waals surface area contributed by atoms with Gasteiger partial charge in [-0.15, -0.1) is 0 Å². The molecule has 143 heavy (non-hydrogen) atoms. The Morgan fingerprint density at radius 3 is 1.13 bits per heavy atom. The van der Waals surface area contributed by atoms with Gasteiger partial charge in [-0.1, -0.05) is 207 Å². The molecule has 3 aliphatic heterocycles. The van der Waals surface area contributed by atoms with Gasteiger partial charge in [0, 0.05) is 70.8 Å². The quantitative estimate of drug-likeness (QED) is 0.00458. The van der Waals surface area contributed by atoms with Crippen LogP contribution in [0.5, 0.6) is 0 Å². The van der Waals surface area contributed by atoms with Crippen molar-refractivity contribution >= 4 is 151 Å². The maximum atomic E-state index is 13.7. The number of benzene rings is 8. The molecule has 14 N–H and O–H groups in total. The minimum Gasteiger partial charge on any atom is -0.870 e. The Morgan fingerprint density at radius 2 is 0.776 bits per heavy atom. The number of esters is 3. The van der Waals surface area contributed by atoms with E-state index in [1.54, 1.807) is 135 Å². The Hall–Kier alpha value is -11.5. The van der Waals surface area contributed by atoms with Crippen LogP contribution in [0.1, 0.15) is 235 Å². The smallest absolute Gasteiger partial charge is 0.870 e. The molecule has 0 radical (unpaired) electrons. The Kier molecular flexibility index (Phi) is 58.8. The van der Waals surface area contributed by atoms with Crippen LogP contribution in [0.3, 0.4) is 0 Å². The van der Waals surface area contributed by atoms with E-state index in [1.165, 1.54) is 84.4 Å². The van der Waals surface area contributed by atoms with Crippen LogP contribution >= 0.6 is 79.6 Å². The monoisotopic (exact) mass is 2290 g/mol. The van der Waals surface area contributed by atoms with E-state index in [4.69, 9.17) is 30.5 Å². The molecule has 0 aliphatic carbocycles. The number of ether oxygens (including phenoxy) is 3. The molecule has 3 atom stereocenters. The summed E-state index contributed by atoms with van der Waals surface area (Å²) in [6, 6.07) is 53.8. The number of ketones is 2. The average molecular weight is 2290 g/mol. The van der Waals surface area contributed by atoms with Gasteiger partial charge in [0.2, 0.25) is 5.78 Å². The van der Waals surface area contributed by atoms with Crippen LogP contribution in [0.2, 0.25) is 0 Å². The summed E-state index contributed by atoms with van der Waals surface area (Å²) in [5, 5.41) is 84.1. The van der Waals surface area contributed by atoms with Gasteiger partial charge in [-0.25, -0.2) is 47.6 Å². The molecule has 2 amide bonds. The van der Waals surface area contributed by atoms with Crippen molar-refractivity contribution in [1.29, 1.82) is 0 Å². The second kappa shape index (κ2) is 65.0. The number of carboxylic acids is 4. The van der Waals surface area contributed by atoms with Gasteiger partial charge in [-0.05, 0) is 243 Å². The zero-order valence-corrected chi connectivity index (χ0v) is 87.3. The van der Waals surface area contributed by atoms with Crippen LogP contribution in [0.4, 0.5) is 5.69 Å². The van der Waals surface area contributed by atoms with E-state index in [-0.39, 0.29) is 168 Å². The number of Topliss-reactive ketones (excluding diaryl/α,β-unsaturated/α-hetero) is 2. The summed E-state index contributed by atoms with van der Waals surface area (Å²) in [6.07, 6.45) is 7.01. The molecule has 14 rings (SSSR count). The summed E-state index contributed by atoms with van der Waals surface area (Å²) in [5.41, 5.74) is 18.6. The normalized spacial score (nSPS) is 12.9. The van der Waals surface area contributed by atoms with Crippen LogP contribution in [-0.4, -0.2) is 222 Å². The third-order valence-electron chi connectivity index (χ3n) is 21.1. The average Bonchev–Trinajstić information content (AvgIpc) is 1.74. The number of aromatic carboxylic acids is 4. The SMILES string of the molecule is C.C.C.CCCCNCCCC.CCOC(=O)C(=O)CC(C)=O.CCOC(=O)c1cc(C)n(-c2ccc(Br)cc2C(=O)N2Cc3ccccc3C[C@H]2CO)n1.CCOC(=O)c1cc(C)n(-c2ccc(Br)cc2C(=O)O)n1.Cc1cc(C(=O)O)nn1-c1ccc(Br)cc1C(=O)N1Cc2ccccc2C[C@H]1CO.Cc1ccc(Br)cc1C(=O)O.Nc1ccc(Br)cc1C(=O)O.O.OC[C@@H]1Cc2ccccc2CN1.[Li+].[OH-]. The van der Waals surface area contributed by atoms with Crippen molar-refractivity contribution in [3.63, 3.8) is 0 Å². The van der Waals surface area contributed by atoms with Crippen molar-refractivity contribution in [2.75, 3.05) is 58.5 Å². The van der Waals surface area contributed by atoms with Gasteiger partial charge in [0.1, 0.15) is 5.78 Å². The zero-order chi connectivity index (χ0) is 101. The summed E-state index contributed by atoms with van der Waals surface area (Å²) in [4.78, 5) is 130. The van der Waals surface area contributed by atoms with Gasteiger partial charge in [0.25, 0.3) is 11.8 Å². The third kappa shape index (κ3) is 38.5. The molecule has 0 spiro atoms. The number of hydrogen-bond donors (Lipinski definition) is 10. The number of anilines is 1. The fraction of sp³-hybridized carbons (Fsp3) is 0.340. The number of aliphatic hydroxyl groups is 3. The Morgan fingerprint density at radius 1 is 0.434 bits per heavy atom. The first kappa shape index (κ1) is 129. The summed E-state index contributed by atoms with van der Waals surface area (Å²) >= 11 is 16.5. The van der Waals surface area contributed by atoms with Gasteiger partial charge >= 0.3 is 60.6 Å². The van der Waals surface area contributed by atoms with Crippen LogP contribution in [0.15, 0.2) is 204 Å². The van der Waals surface area contributed by atoms with Crippen molar-refractivity contribution in [2.24, 2.45) is 0 Å². The molecule has 8 aromatic carbocycles. The maximum absolute atomic E-state index is 13.7. The van der Waals surface area contributed by atoms with E-state index in [0.717, 1.165) is 54.2 Å². The molecule has 3 aromatic heterocycles. The molecule has 11 aromatic rings. The number of unbranched alkanes of at least 4 members (excludes halogenated alkanes) is 2. The number of amides is 2. The number of rotatable bonds is 26. The number of nitrogens with zero attached hydrogens (tertiary/aromatic N) is 8. The first-order valence-electron chi connectivity index (χ1n) is 43.8. The summed E-state index contributed by atoms with van der Waals surface area (Å²) < 4.78 is 22.4. The van der Waals surface area contributed by atoms with E-state index >= 15 is 0 Å². The molecule has 768 valence electrons. The Labute approximate surface area is 887 Å². The van der Waals surface area contributed by atoms with Gasteiger partial charge in [0.15, 0.2) is 17.1 Å². The molecule has 3 aliphatic rings. The fourth-order valence-electron chi connectivity index (χ4n) is 14.2. The summed E-state index contributed by atoms with van der Waals surface area (Å²) in [5.74, 6) is -7.62. The predicted molar refractivity (Wildman–Crippen MR) is 560 cm³/mol. The minimum atomic E-state index is -1.13. The van der Waals surface area contributed by atoms with E-state index in [1.807, 2.05) is 67.6 Å². The number of fused-ring (bicyclic) bond motifs is 3. The van der Waals surface area contributed by atoms with Crippen molar-refractivity contribution in [3.05, 3.63) is 305 Å². The topological polar surface area (TPSA) is 529 Å². The number of carbonyl (C=O) groups excluding carboxylic acids is 7. The van der Waals surface area contributed by atoms with Gasteiger partial charge < -0.3 is 87.1 Å². The molecule has 0 saturated heterocycles. The van der Waals surface area contributed by atoms with Crippen molar-refractivity contribution < 1.29 is 133 Å². The molecule has 0 saturated carbocycles. The van der Waals surface area contributed by atoms with Crippen molar-refractivity contribution in [3.8, 4) is 17.1 Å². The number of carboxylic acid groups (broad SMARTS) is 4. The van der Waals surface area contributed by atoms with Crippen molar-refractivity contribution in [2.45, 2.75) is 181 Å². The summed E-state index contributed by atoms with van der Waals surface area (Å²) in [7, 11) is 0. The molecular weight excluding hydrogens is 2170 g/mol. The van der Waals surface area contributed by atoms with Crippen LogP contribution in [-0.2, 0) is 67.5 Å². The number of aromatic nitrogens is 6. The molecule has 0 unspecified atom stereocenters. The first-order chi connectivity index (χ1) is 65.3. The number of aliphatic hydroxyl groups excluding tert-OH is 3. The van der Waals surface area contributed by atoms with Gasteiger partial charge in [-0.3, -0.25) is 19.2 Å². The minimum absolute atomic E-state index is 0. The van der Waals surface area contributed by atoms with E-state index in [2.05, 4.69) is 148 Å². The van der Waals surface area contributed by atoms with E-state index in [0.29, 0.717) is 85.7 Å². The van der Waals surface area contributed by atoms with Crippen LogP contribution < -0.4 is 35.2 Å². The zero-order valence-electron chi connectivity index (χ0n) is 79.3. The number of carbonyl (C=O) groups is 11. The van der Waals surface area contributed by atoms with E-state index in [9.17, 15) is 73.2 Å². The number of hydrogen-bond acceptors (Lipinski definition) is 24. The van der Waals surface area contributed by atoms with Gasteiger partial charge in [0.05, 0.1) is 103 Å². The largest absolute Gasteiger partial charge is 1.00 e. The second-order valence-corrected chi connectivity index (χ2v) is 35.9. The number of nitrogens with two attached hydrogens (primary N) is 1. The predicted octanol–water partition coefficient (Wildman–Crippen LogP) is 14.8. The first-order valence-corrected chi connectivity index (χ1v) is 47.8. The standard InChI is InChI=1S/C24H24BrN3O4.C22H20BrN3O4.C14H13BrN2O4.C10H13NO.C8H7BrO2.C8H19N.C7H6BrNO2.C7H10O4.3CH4.Li.2H2O/c1-3-32-24(31)21-10-15(2)28(26-21)22-9-8-18(25)12-20(22)23(30)27-13-17-7-5-4-6-16(17)11-19(27)14-29;1-13-8-19(22(29)30)24-26(13)20-7-6-16(23)10-18(20)21(28)25-11-15-5-3-2-4-14(15)9-17(25)12-27;1-3-21-14(20)11-6-8(2)17(16-11)12-5-4-9(15)7-10(12)13(18)19;12-7-10-5-8-3-1-2-4-9(8)6-11-10;1-5-2-3-6(9)4-7(5)8(10)11;1-3-5-7-9-8-6-4-2;8-4-1-2-6(9)5(3-4)7(10)11;1-3-11-7(10)6(9)4-5(2)8;;;;;;/h4-10,12,19,29H,3,11,13-14H2,1-2H3;2-8,10,17,27H,9,11-12H2,1H3,(H,29,30);4-7H,3H2,1-2H3,(H,18,19);1-4,10-12H,5-7H2;2-4H,1H3,(H,10,11);9H,3-8H2,1-2H3;1-3H,9H2,(H,10,11);3-4H2,1-2H3;3*1H4;;2*1H2/q;;;;;;;;;;;+1;;/p-1/t19-;17-;;10-;;;;;;;;;;/m00.0........../s1. The van der Waals surface area contributed by atoms with Gasteiger partial charge in [-0.2, -0.15) is 15.3 Å². The van der Waals surface area contributed by atoms with Crippen molar-refractivity contribution in [1.82, 2.24) is 49.8 Å². The number of nitrogen functional groups attached to an aromatic ring is 1. The third-order valence-corrected chi connectivity index (χ3v) is 23.6.